The third kappa shape index (κ3) is 4.28. The minimum atomic E-state index is -3.52. The highest BCUT2D eigenvalue weighted by Crippen LogP contribution is 2.25. The Kier molecular flexibility index (Phi) is 5.90. The largest absolute Gasteiger partial charge is 0.350 e. The summed E-state index contributed by atoms with van der Waals surface area (Å²) in [6.45, 7) is 7.14. The fraction of sp³-hybridized carbons (Fsp3) is 0.500. The smallest absolute Gasteiger partial charge is 0.271 e. The summed E-state index contributed by atoms with van der Waals surface area (Å²) in [5, 5.41) is 7.08. The summed E-state index contributed by atoms with van der Waals surface area (Å²) in [4.78, 5) is 12.6. The Morgan fingerprint density at radius 1 is 1.21 bits per heavy atom. The van der Waals surface area contributed by atoms with Crippen molar-refractivity contribution in [1.29, 1.82) is 0 Å². The molecule has 1 N–H and O–H groups in total. The van der Waals surface area contributed by atoms with E-state index < -0.39 is 10.0 Å². The van der Waals surface area contributed by atoms with E-state index in [1.165, 1.54) is 0 Å². The second kappa shape index (κ2) is 8.05. The Hall–Kier alpha value is -2.19. The van der Waals surface area contributed by atoms with Crippen LogP contribution in [0.2, 0.25) is 0 Å². The molecule has 1 atom stereocenters. The molecule has 3 rings (SSSR count). The first-order valence-corrected chi connectivity index (χ1v) is 11.0. The number of rotatable bonds is 5. The maximum absolute atomic E-state index is 13.0. The summed E-state index contributed by atoms with van der Waals surface area (Å²) in [6, 6.07) is 7.00. The fourth-order valence-electron chi connectivity index (χ4n) is 3.43. The van der Waals surface area contributed by atoms with Crippen molar-refractivity contribution >= 4 is 15.9 Å². The van der Waals surface area contributed by atoms with Crippen molar-refractivity contribution in [2.45, 2.75) is 38.5 Å². The first kappa shape index (κ1) is 20.5. The van der Waals surface area contributed by atoms with Crippen molar-refractivity contribution < 1.29 is 13.2 Å². The Morgan fingerprint density at radius 2 is 1.96 bits per heavy atom. The fourth-order valence-corrected chi connectivity index (χ4v) is 5.07. The van der Waals surface area contributed by atoms with Gasteiger partial charge in [-0.3, -0.25) is 9.48 Å². The molecule has 7 nitrogen and oxygen atoms in total. The second-order valence-electron chi connectivity index (χ2n) is 7.62. The van der Waals surface area contributed by atoms with E-state index >= 15 is 0 Å². The number of carbonyl (C=O) groups is 1. The van der Waals surface area contributed by atoms with Gasteiger partial charge in [-0.15, -0.1) is 0 Å². The van der Waals surface area contributed by atoms with E-state index in [4.69, 9.17) is 0 Å². The first-order chi connectivity index (χ1) is 13.2. The molecule has 0 aliphatic carbocycles. The minimum Gasteiger partial charge on any atom is -0.350 e. The van der Waals surface area contributed by atoms with E-state index in [0.717, 1.165) is 29.7 Å². The Balaban J connectivity index is 1.64. The summed E-state index contributed by atoms with van der Waals surface area (Å²) in [7, 11) is -1.73. The summed E-state index contributed by atoms with van der Waals surface area (Å²) >= 11 is 0. The van der Waals surface area contributed by atoms with Crippen molar-refractivity contribution in [1.82, 2.24) is 19.4 Å². The summed E-state index contributed by atoms with van der Waals surface area (Å²) in [5.41, 5.74) is 3.33. The molecule has 0 unspecified atom stereocenters. The van der Waals surface area contributed by atoms with E-state index in [0.29, 0.717) is 30.2 Å². The number of benzene rings is 1. The molecule has 1 fully saturated rings. The molecular formula is C20H28N4O3S. The van der Waals surface area contributed by atoms with Gasteiger partial charge in [0.05, 0.1) is 4.90 Å². The van der Waals surface area contributed by atoms with Gasteiger partial charge in [0.25, 0.3) is 5.91 Å². The average molecular weight is 405 g/mol. The molecule has 1 aliphatic rings. The molecular weight excluding hydrogens is 376 g/mol. The average Bonchev–Trinajstić information content (AvgIpc) is 3.01. The molecule has 28 heavy (non-hydrogen) atoms. The number of aromatic nitrogens is 2. The van der Waals surface area contributed by atoms with E-state index in [2.05, 4.69) is 10.4 Å². The third-order valence-electron chi connectivity index (χ3n) is 5.50. The first-order valence-electron chi connectivity index (χ1n) is 9.54. The number of nitrogens with zero attached hydrogens (tertiary/aromatic N) is 3. The van der Waals surface area contributed by atoms with E-state index in [1.807, 2.05) is 26.8 Å². The molecule has 1 aromatic heterocycles. The summed E-state index contributed by atoms with van der Waals surface area (Å²) in [5.74, 6) is -0.137. The van der Waals surface area contributed by atoms with Gasteiger partial charge in [-0.2, -0.15) is 9.40 Å². The number of sulfonamides is 1. The molecule has 1 aliphatic heterocycles. The zero-order valence-corrected chi connectivity index (χ0v) is 17.7. The van der Waals surface area contributed by atoms with Gasteiger partial charge in [-0.05, 0) is 68.9 Å². The van der Waals surface area contributed by atoms with Crippen molar-refractivity contribution in [3.63, 3.8) is 0 Å². The zero-order chi connectivity index (χ0) is 20.5. The van der Waals surface area contributed by atoms with Crippen LogP contribution >= 0.6 is 0 Å². The molecule has 0 radical (unpaired) electrons. The Morgan fingerprint density at radius 3 is 2.61 bits per heavy atom. The molecule has 8 heteroatoms. The van der Waals surface area contributed by atoms with Gasteiger partial charge in [-0.1, -0.05) is 6.07 Å². The van der Waals surface area contributed by atoms with Crippen LogP contribution in [0.25, 0.3) is 0 Å². The lowest BCUT2D eigenvalue weighted by Gasteiger charge is -2.32. The number of hydrogen-bond acceptors (Lipinski definition) is 4. The van der Waals surface area contributed by atoms with Crippen molar-refractivity contribution in [2.75, 3.05) is 19.6 Å². The second-order valence-corrected chi connectivity index (χ2v) is 9.56. The van der Waals surface area contributed by atoms with Crippen molar-refractivity contribution in [3.8, 4) is 0 Å². The summed E-state index contributed by atoms with van der Waals surface area (Å²) < 4.78 is 29.2. The lowest BCUT2D eigenvalue weighted by Crippen LogP contribution is -2.43. The van der Waals surface area contributed by atoms with Gasteiger partial charge >= 0.3 is 0 Å². The monoisotopic (exact) mass is 404 g/mol. The highest BCUT2D eigenvalue weighted by Gasteiger charge is 2.30. The molecule has 0 saturated carbocycles. The maximum Gasteiger partial charge on any atom is 0.271 e. The van der Waals surface area contributed by atoms with Crippen LogP contribution < -0.4 is 5.32 Å². The number of aryl methyl sites for hydroxylation is 4. The molecule has 1 saturated heterocycles. The molecule has 1 amide bonds. The van der Waals surface area contributed by atoms with Crippen LogP contribution in [0.1, 0.15) is 40.2 Å². The SMILES string of the molecule is Cc1ccc(S(=O)(=O)N2CCC[C@H](CNC(=O)c3cc(C)n(C)n3)C2)cc1C. The minimum absolute atomic E-state index is 0.0869. The number of amides is 1. The van der Waals surface area contributed by atoms with E-state index in [1.54, 1.807) is 34.2 Å². The van der Waals surface area contributed by atoms with Crippen LogP contribution in [-0.4, -0.2) is 48.0 Å². The van der Waals surface area contributed by atoms with Gasteiger partial charge in [0, 0.05) is 32.4 Å². The Bertz CT molecular complexity index is 962. The van der Waals surface area contributed by atoms with Gasteiger partial charge in [0.1, 0.15) is 5.69 Å². The predicted molar refractivity (Wildman–Crippen MR) is 108 cm³/mol. The number of hydrogen-bond donors (Lipinski definition) is 1. The van der Waals surface area contributed by atoms with Crippen LogP contribution in [0.3, 0.4) is 0 Å². The molecule has 2 aromatic rings. The molecule has 2 heterocycles. The van der Waals surface area contributed by atoms with Crippen LogP contribution in [0.15, 0.2) is 29.2 Å². The van der Waals surface area contributed by atoms with Crippen LogP contribution in [0, 0.1) is 26.7 Å². The maximum atomic E-state index is 13.0. The standard InChI is InChI=1S/C20H28N4O3S/c1-14-7-8-18(10-15(14)2)28(26,27)24-9-5-6-17(13-24)12-21-20(25)19-11-16(3)23(4)22-19/h7-8,10-11,17H,5-6,9,12-13H2,1-4H3,(H,21,25)/t17-/m1/s1. The van der Waals surface area contributed by atoms with Crippen molar-refractivity contribution in [3.05, 3.63) is 46.8 Å². The highest BCUT2D eigenvalue weighted by molar-refractivity contribution is 7.89. The Labute approximate surface area is 166 Å². The number of nitrogens with one attached hydrogen (secondary N) is 1. The lowest BCUT2D eigenvalue weighted by atomic mass is 10.00. The number of piperidine rings is 1. The number of carbonyl (C=O) groups excluding carboxylic acids is 1. The van der Waals surface area contributed by atoms with E-state index in [-0.39, 0.29) is 11.8 Å². The van der Waals surface area contributed by atoms with Crippen molar-refractivity contribution in [2.24, 2.45) is 13.0 Å². The summed E-state index contributed by atoms with van der Waals surface area (Å²) in [6.07, 6.45) is 1.67. The zero-order valence-electron chi connectivity index (χ0n) is 16.9. The van der Waals surface area contributed by atoms with Crippen LogP contribution in [0.5, 0.6) is 0 Å². The predicted octanol–water partition coefficient (Wildman–Crippen LogP) is 2.18. The highest BCUT2D eigenvalue weighted by atomic mass is 32.2. The molecule has 0 bridgehead atoms. The molecule has 0 spiro atoms. The molecule has 1 aromatic carbocycles. The topological polar surface area (TPSA) is 84.3 Å². The third-order valence-corrected chi connectivity index (χ3v) is 7.36. The van der Waals surface area contributed by atoms with Crippen LogP contribution in [0.4, 0.5) is 0 Å². The van der Waals surface area contributed by atoms with Gasteiger partial charge < -0.3 is 5.32 Å². The van der Waals surface area contributed by atoms with Crippen LogP contribution in [-0.2, 0) is 17.1 Å². The van der Waals surface area contributed by atoms with Gasteiger partial charge in [-0.25, -0.2) is 8.42 Å². The normalized spacial score (nSPS) is 18.2. The molecule has 152 valence electrons. The van der Waals surface area contributed by atoms with Gasteiger partial charge in [0.15, 0.2) is 0 Å². The lowest BCUT2D eigenvalue weighted by molar-refractivity contribution is 0.0936. The quantitative estimate of drug-likeness (QED) is 0.828. The van der Waals surface area contributed by atoms with E-state index in [9.17, 15) is 13.2 Å². The van der Waals surface area contributed by atoms with Gasteiger partial charge in [0.2, 0.25) is 10.0 Å².